The summed E-state index contributed by atoms with van der Waals surface area (Å²) in [6.07, 6.45) is 5.10. The van der Waals surface area contributed by atoms with E-state index in [0.717, 1.165) is 43.4 Å². The number of aromatic nitrogens is 3. The van der Waals surface area contributed by atoms with Crippen molar-refractivity contribution in [2.24, 2.45) is 4.99 Å². The average molecular weight is 333 g/mol. The van der Waals surface area contributed by atoms with Gasteiger partial charge in [-0.1, -0.05) is 6.92 Å². The van der Waals surface area contributed by atoms with Crippen molar-refractivity contribution < 1.29 is 4.79 Å². The van der Waals surface area contributed by atoms with Crippen LogP contribution in [0.2, 0.25) is 0 Å². The minimum absolute atomic E-state index is 0.00157. The Bertz CT molecular complexity index is 618. The van der Waals surface area contributed by atoms with Gasteiger partial charge in [-0.05, 0) is 19.3 Å². The number of guanidine groups is 1. The third-order valence-electron chi connectivity index (χ3n) is 4.35. The minimum atomic E-state index is 0.00157. The SMILES string of the molecule is CCc1nc2n(n1)CC(NC(=NCC(=O)N(C)C)NC1CC1)CC2. The van der Waals surface area contributed by atoms with Crippen LogP contribution in [-0.2, 0) is 24.2 Å². The number of aliphatic imine (C=N–C) groups is 1. The van der Waals surface area contributed by atoms with E-state index in [1.807, 2.05) is 4.68 Å². The van der Waals surface area contributed by atoms with Gasteiger partial charge in [0, 0.05) is 39.0 Å². The second-order valence-corrected chi connectivity index (χ2v) is 6.73. The van der Waals surface area contributed by atoms with Gasteiger partial charge in [-0.25, -0.2) is 14.7 Å². The van der Waals surface area contributed by atoms with Crippen molar-refractivity contribution in [3.63, 3.8) is 0 Å². The Hall–Kier alpha value is -2.12. The van der Waals surface area contributed by atoms with Gasteiger partial charge in [-0.2, -0.15) is 5.10 Å². The number of carbonyl (C=O) groups excluding carboxylic acids is 1. The summed E-state index contributed by atoms with van der Waals surface area (Å²) in [5.74, 6) is 2.72. The number of hydrogen-bond donors (Lipinski definition) is 2. The zero-order chi connectivity index (χ0) is 17.1. The molecule has 1 saturated carbocycles. The Kier molecular flexibility index (Phi) is 5.01. The van der Waals surface area contributed by atoms with Gasteiger partial charge in [0.05, 0.1) is 6.54 Å². The molecule has 1 unspecified atom stereocenters. The molecule has 1 aromatic rings. The first-order valence-electron chi connectivity index (χ1n) is 8.75. The molecule has 132 valence electrons. The number of nitrogens with one attached hydrogen (secondary N) is 2. The second-order valence-electron chi connectivity index (χ2n) is 6.73. The van der Waals surface area contributed by atoms with Crippen molar-refractivity contribution in [2.75, 3.05) is 20.6 Å². The van der Waals surface area contributed by atoms with Crippen molar-refractivity contribution in [3.8, 4) is 0 Å². The lowest BCUT2D eigenvalue weighted by Crippen LogP contribution is -2.48. The Balaban J connectivity index is 1.62. The molecule has 8 nitrogen and oxygen atoms in total. The van der Waals surface area contributed by atoms with Gasteiger partial charge in [-0.15, -0.1) is 0 Å². The van der Waals surface area contributed by atoms with Gasteiger partial charge >= 0.3 is 0 Å². The van der Waals surface area contributed by atoms with Gasteiger partial charge in [0.15, 0.2) is 11.8 Å². The molecule has 1 amide bonds. The third kappa shape index (κ3) is 4.24. The van der Waals surface area contributed by atoms with E-state index in [-0.39, 0.29) is 18.5 Å². The molecular weight excluding hydrogens is 306 g/mol. The number of amides is 1. The summed E-state index contributed by atoms with van der Waals surface area (Å²) in [5.41, 5.74) is 0. The van der Waals surface area contributed by atoms with Gasteiger partial charge < -0.3 is 15.5 Å². The first-order chi connectivity index (χ1) is 11.5. The van der Waals surface area contributed by atoms with E-state index in [1.54, 1.807) is 19.0 Å². The largest absolute Gasteiger partial charge is 0.354 e. The van der Waals surface area contributed by atoms with Crippen molar-refractivity contribution in [1.29, 1.82) is 0 Å². The number of carbonyl (C=O) groups is 1. The van der Waals surface area contributed by atoms with E-state index in [2.05, 4.69) is 32.6 Å². The molecule has 3 rings (SSSR count). The molecule has 2 heterocycles. The summed E-state index contributed by atoms with van der Waals surface area (Å²) in [7, 11) is 3.50. The predicted octanol–water partition coefficient (Wildman–Crippen LogP) is -0.0589. The summed E-state index contributed by atoms with van der Waals surface area (Å²) in [4.78, 5) is 22.3. The summed E-state index contributed by atoms with van der Waals surface area (Å²) in [6.45, 7) is 3.02. The lowest BCUT2D eigenvalue weighted by molar-refractivity contribution is -0.127. The molecule has 1 atom stereocenters. The number of rotatable bonds is 5. The number of aryl methyl sites for hydroxylation is 2. The molecule has 1 aliphatic carbocycles. The molecule has 24 heavy (non-hydrogen) atoms. The molecular formula is C16H27N7O. The Morgan fingerprint density at radius 2 is 2.04 bits per heavy atom. The van der Waals surface area contributed by atoms with Crippen molar-refractivity contribution in [3.05, 3.63) is 11.6 Å². The second kappa shape index (κ2) is 7.19. The molecule has 1 aliphatic heterocycles. The lowest BCUT2D eigenvalue weighted by Gasteiger charge is -2.25. The molecule has 2 aliphatic rings. The monoisotopic (exact) mass is 333 g/mol. The van der Waals surface area contributed by atoms with Crippen LogP contribution >= 0.6 is 0 Å². The molecule has 1 fully saturated rings. The van der Waals surface area contributed by atoms with Crippen LogP contribution in [0.3, 0.4) is 0 Å². The highest BCUT2D eigenvalue weighted by Crippen LogP contribution is 2.19. The summed E-state index contributed by atoms with van der Waals surface area (Å²) < 4.78 is 2.00. The number of nitrogens with zero attached hydrogens (tertiary/aromatic N) is 5. The lowest BCUT2D eigenvalue weighted by atomic mass is 10.1. The highest BCUT2D eigenvalue weighted by Gasteiger charge is 2.26. The highest BCUT2D eigenvalue weighted by molar-refractivity contribution is 5.85. The average Bonchev–Trinajstić information content (AvgIpc) is 3.28. The van der Waals surface area contributed by atoms with Crippen molar-refractivity contribution in [2.45, 2.75) is 57.7 Å². The third-order valence-corrected chi connectivity index (χ3v) is 4.35. The van der Waals surface area contributed by atoms with E-state index < -0.39 is 0 Å². The van der Waals surface area contributed by atoms with Crippen molar-refractivity contribution in [1.82, 2.24) is 30.3 Å². The van der Waals surface area contributed by atoms with Crippen LogP contribution < -0.4 is 10.6 Å². The van der Waals surface area contributed by atoms with Gasteiger partial charge in [0.25, 0.3) is 0 Å². The molecule has 0 bridgehead atoms. The van der Waals surface area contributed by atoms with E-state index in [0.29, 0.717) is 6.04 Å². The summed E-state index contributed by atoms with van der Waals surface area (Å²) >= 11 is 0. The molecule has 8 heteroatoms. The maximum Gasteiger partial charge on any atom is 0.243 e. The van der Waals surface area contributed by atoms with Gasteiger partial charge in [-0.3, -0.25) is 4.79 Å². The number of fused-ring (bicyclic) bond motifs is 1. The van der Waals surface area contributed by atoms with Gasteiger partial charge in [0.1, 0.15) is 12.4 Å². The Morgan fingerprint density at radius 3 is 2.71 bits per heavy atom. The molecule has 2 N–H and O–H groups in total. The molecule has 0 saturated heterocycles. The normalized spacial score (nSPS) is 20.5. The molecule has 0 spiro atoms. The summed E-state index contributed by atoms with van der Waals surface area (Å²) in [5, 5.41) is 11.4. The topological polar surface area (TPSA) is 87.4 Å². The maximum absolute atomic E-state index is 11.8. The van der Waals surface area contributed by atoms with Crippen LogP contribution in [0, 0.1) is 0 Å². The van der Waals surface area contributed by atoms with Crippen LogP contribution in [-0.4, -0.2) is 64.3 Å². The van der Waals surface area contributed by atoms with E-state index in [4.69, 9.17) is 0 Å². The summed E-state index contributed by atoms with van der Waals surface area (Å²) in [6, 6.07) is 0.742. The number of likely N-dealkylation sites (N-methyl/N-ethyl adjacent to an activating group) is 1. The Morgan fingerprint density at radius 1 is 1.29 bits per heavy atom. The maximum atomic E-state index is 11.8. The van der Waals surface area contributed by atoms with E-state index in [9.17, 15) is 4.79 Å². The predicted molar refractivity (Wildman–Crippen MR) is 91.8 cm³/mol. The molecule has 0 aromatic carbocycles. The quantitative estimate of drug-likeness (QED) is 0.582. The van der Waals surface area contributed by atoms with Crippen LogP contribution in [0.1, 0.15) is 37.8 Å². The van der Waals surface area contributed by atoms with Crippen LogP contribution in [0.4, 0.5) is 0 Å². The minimum Gasteiger partial charge on any atom is -0.354 e. The smallest absolute Gasteiger partial charge is 0.243 e. The standard InChI is InChI=1S/C16H27N7O/c1-4-13-20-14-8-7-12(10-23(14)21-13)19-16(18-11-5-6-11)17-9-15(24)22(2)3/h11-12H,4-10H2,1-3H3,(H2,17,18,19). The fourth-order valence-electron chi connectivity index (χ4n) is 2.66. The van der Waals surface area contributed by atoms with Crippen LogP contribution in [0.25, 0.3) is 0 Å². The fraction of sp³-hybridized carbons (Fsp3) is 0.750. The zero-order valence-corrected chi connectivity index (χ0v) is 14.7. The van der Waals surface area contributed by atoms with E-state index in [1.165, 1.54) is 12.8 Å². The van der Waals surface area contributed by atoms with Gasteiger partial charge in [0.2, 0.25) is 5.91 Å². The van der Waals surface area contributed by atoms with E-state index >= 15 is 0 Å². The fourth-order valence-corrected chi connectivity index (χ4v) is 2.66. The Labute approximate surface area is 142 Å². The number of hydrogen-bond acceptors (Lipinski definition) is 4. The van der Waals surface area contributed by atoms with Crippen molar-refractivity contribution >= 4 is 11.9 Å². The molecule has 1 aromatic heterocycles. The first kappa shape index (κ1) is 16.7. The highest BCUT2D eigenvalue weighted by atomic mass is 16.2. The van der Waals surface area contributed by atoms with Crippen LogP contribution in [0.15, 0.2) is 4.99 Å². The van der Waals surface area contributed by atoms with Crippen LogP contribution in [0.5, 0.6) is 0 Å². The molecule has 0 radical (unpaired) electrons. The zero-order valence-electron chi connectivity index (χ0n) is 14.7. The first-order valence-corrected chi connectivity index (χ1v) is 8.75.